The fraction of sp³-hybridized carbons (Fsp3) is 0.600. The first-order chi connectivity index (χ1) is 13.5. The van der Waals surface area contributed by atoms with Gasteiger partial charge in [0, 0.05) is 17.8 Å². The first kappa shape index (κ1) is 20.8. The standard InChI is InChI=1S/C25H35NO2/c1-17-8-7-9-22(18(17)2)23(24-10-5-4-6-15-26-24)16-20-11-13-21(14-12-20)19(3)25(27)28/h7-10,15,19-21,23H,4-6,11-14,16H2,1-3H3,(H,27,28). The summed E-state index contributed by atoms with van der Waals surface area (Å²) in [5, 5.41) is 9.32. The van der Waals surface area contributed by atoms with E-state index < -0.39 is 5.97 Å². The van der Waals surface area contributed by atoms with E-state index in [4.69, 9.17) is 4.99 Å². The number of aliphatic carboxylic acids is 1. The van der Waals surface area contributed by atoms with Crippen LogP contribution in [-0.2, 0) is 4.79 Å². The van der Waals surface area contributed by atoms with Gasteiger partial charge in [-0.1, -0.05) is 44.0 Å². The molecule has 152 valence electrons. The lowest BCUT2D eigenvalue weighted by Gasteiger charge is -2.33. The highest BCUT2D eigenvalue weighted by Gasteiger charge is 2.31. The van der Waals surface area contributed by atoms with Crippen LogP contribution in [0.1, 0.15) is 80.9 Å². The maximum absolute atomic E-state index is 11.3. The van der Waals surface area contributed by atoms with Crippen LogP contribution in [0.15, 0.2) is 35.0 Å². The second kappa shape index (κ2) is 9.54. The van der Waals surface area contributed by atoms with Crippen molar-refractivity contribution < 1.29 is 9.90 Å². The van der Waals surface area contributed by atoms with E-state index in [-0.39, 0.29) is 5.92 Å². The maximum Gasteiger partial charge on any atom is 0.306 e. The first-order valence-corrected chi connectivity index (χ1v) is 11.0. The normalized spacial score (nSPS) is 24.9. The Hall–Kier alpha value is -1.90. The largest absolute Gasteiger partial charge is 0.481 e. The molecule has 1 aromatic carbocycles. The second-order valence-corrected chi connectivity index (χ2v) is 8.86. The molecule has 1 aliphatic carbocycles. The fourth-order valence-electron chi connectivity index (χ4n) is 4.93. The van der Waals surface area contributed by atoms with Crippen molar-refractivity contribution in [2.75, 3.05) is 0 Å². The van der Waals surface area contributed by atoms with Crippen LogP contribution in [-0.4, -0.2) is 17.3 Å². The molecule has 1 heterocycles. The van der Waals surface area contributed by atoms with Gasteiger partial charge in [0.2, 0.25) is 0 Å². The fourth-order valence-corrected chi connectivity index (χ4v) is 4.93. The number of allylic oxidation sites excluding steroid dienone is 2. The number of benzene rings is 1. The van der Waals surface area contributed by atoms with Gasteiger partial charge in [-0.3, -0.25) is 9.79 Å². The molecule has 1 aromatic rings. The second-order valence-electron chi connectivity index (χ2n) is 8.86. The zero-order chi connectivity index (χ0) is 20.1. The van der Waals surface area contributed by atoms with Crippen LogP contribution < -0.4 is 0 Å². The van der Waals surface area contributed by atoms with Gasteiger partial charge in [0.15, 0.2) is 0 Å². The van der Waals surface area contributed by atoms with Crippen LogP contribution in [0.4, 0.5) is 0 Å². The van der Waals surface area contributed by atoms with Gasteiger partial charge in [-0.25, -0.2) is 0 Å². The number of nitrogens with zero attached hydrogens (tertiary/aromatic N) is 1. The summed E-state index contributed by atoms with van der Waals surface area (Å²) in [5.74, 6) is 0.483. The molecular formula is C25H35NO2. The zero-order valence-electron chi connectivity index (χ0n) is 17.7. The summed E-state index contributed by atoms with van der Waals surface area (Å²) < 4.78 is 0. The monoisotopic (exact) mass is 381 g/mol. The van der Waals surface area contributed by atoms with Crippen molar-refractivity contribution in [3.05, 3.63) is 46.7 Å². The Kier molecular flexibility index (Phi) is 7.09. The topological polar surface area (TPSA) is 49.7 Å². The van der Waals surface area contributed by atoms with Gasteiger partial charge in [-0.05, 0) is 80.9 Å². The van der Waals surface area contributed by atoms with Gasteiger partial charge in [-0.15, -0.1) is 0 Å². The molecule has 3 rings (SSSR count). The molecule has 1 N–H and O–H groups in total. The molecule has 28 heavy (non-hydrogen) atoms. The Labute approximate surface area is 170 Å². The van der Waals surface area contributed by atoms with E-state index in [9.17, 15) is 9.90 Å². The van der Waals surface area contributed by atoms with Gasteiger partial charge in [0.05, 0.1) is 5.92 Å². The minimum atomic E-state index is -0.644. The van der Waals surface area contributed by atoms with E-state index in [2.05, 4.69) is 44.3 Å². The van der Waals surface area contributed by atoms with Crippen molar-refractivity contribution in [2.45, 2.75) is 78.1 Å². The van der Waals surface area contributed by atoms with Gasteiger partial charge in [0.25, 0.3) is 0 Å². The minimum Gasteiger partial charge on any atom is -0.481 e. The number of aliphatic imine (C=N–C) groups is 1. The molecule has 1 aliphatic heterocycles. The Morgan fingerprint density at radius 3 is 2.64 bits per heavy atom. The van der Waals surface area contributed by atoms with Crippen LogP contribution in [0.3, 0.4) is 0 Å². The molecule has 0 saturated heterocycles. The van der Waals surface area contributed by atoms with Crippen molar-refractivity contribution in [3.63, 3.8) is 0 Å². The minimum absolute atomic E-state index is 0.218. The van der Waals surface area contributed by atoms with E-state index in [1.54, 1.807) is 0 Å². The molecule has 2 aliphatic rings. The highest BCUT2D eigenvalue weighted by molar-refractivity contribution is 5.69. The lowest BCUT2D eigenvalue weighted by Crippen LogP contribution is -2.26. The van der Waals surface area contributed by atoms with E-state index in [0.29, 0.717) is 17.8 Å². The molecule has 3 heteroatoms. The average molecular weight is 382 g/mol. The summed E-state index contributed by atoms with van der Waals surface area (Å²) in [6, 6.07) is 6.66. The third-order valence-corrected chi connectivity index (χ3v) is 7.07. The highest BCUT2D eigenvalue weighted by atomic mass is 16.4. The molecule has 1 fully saturated rings. The molecule has 0 amide bonds. The Morgan fingerprint density at radius 1 is 1.18 bits per heavy atom. The van der Waals surface area contributed by atoms with Crippen molar-refractivity contribution in [1.29, 1.82) is 0 Å². The number of carboxylic acid groups (broad SMARTS) is 1. The Balaban J connectivity index is 1.78. The summed E-state index contributed by atoms with van der Waals surface area (Å²) in [6.45, 7) is 6.31. The number of aryl methyl sites for hydroxylation is 1. The smallest absolute Gasteiger partial charge is 0.306 e. The van der Waals surface area contributed by atoms with Crippen molar-refractivity contribution >= 4 is 12.2 Å². The van der Waals surface area contributed by atoms with Gasteiger partial charge < -0.3 is 5.11 Å². The molecule has 0 aromatic heterocycles. The molecule has 3 nitrogen and oxygen atoms in total. The lowest BCUT2D eigenvalue weighted by molar-refractivity contribution is -0.143. The predicted octanol–water partition coefficient (Wildman–Crippen LogP) is 6.44. The van der Waals surface area contributed by atoms with E-state index >= 15 is 0 Å². The van der Waals surface area contributed by atoms with E-state index in [1.165, 1.54) is 28.8 Å². The molecule has 2 atom stereocenters. The van der Waals surface area contributed by atoms with Crippen molar-refractivity contribution in [3.8, 4) is 0 Å². The third-order valence-electron chi connectivity index (χ3n) is 7.07. The Bertz CT molecular complexity index is 741. The number of carboxylic acids is 1. The lowest BCUT2D eigenvalue weighted by atomic mass is 9.72. The van der Waals surface area contributed by atoms with Gasteiger partial charge in [-0.2, -0.15) is 0 Å². The summed E-state index contributed by atoms with van der Waals surface area (Å²) in [4.78, 5) is 16.2. The van der Waals surface area contributed by atoms with Crippen LogP contribution >= 0.6 is 0 Å². The molecule has 0 radical (unpaired) electrons. The summed E-state index contributed by atoms with van der Waals surface area (Å²) >= 11 is 0. The summed E-state index contributed by atoms with van der Waals surface area (Å²) in [7, 11) is 0. The molecule has 0 spiro atoms. The molecular weight excluding hydrogens is 346 g/mol. The first-order valence-electron chi connectivity index (χ1n) is 11.0. The van der Waals surface area contributed by atoms with Crippen LogP contribution in [0.2, 0.25) is 0 Å². The Morgan fingerprint density at radius 2 is 1.93 bits per heavy atom. The quantitative estimate of drug-likeness (QED) is 0.616. The summed E-state index contributed by atoms with van der Waals surface area (Å²) in [6.07, 6.45) is 13.3. The number of rotatable bonds is 6. The average Bonchev–Trinajstić information content (AvgIpc) is 2.98. The van der Waals surface area contributed by atoms with Gasteiger partial charge >= 0.3 is 5.97 Å². The van der Waals surface area contributed by atoms with Crippen LogP contribution in [0.5, 0.6) is 0 Å². The maximum atomic E-state index is 11.3. The number of hydrogen-bond acceptors (Lipinski definition) is 2. The van der Waals surface area contributed by atoms with Gasteiger partial charge in [0.1, 0.15) is 0 Å². The van der Waals surface area contributed by atoms with Crippen molar-refractivity contribution in [2.24, 2.45) is 22.7 Å². The summed E-state index contributed by atoms with van der Waals surface area (Å²) in [5.41, 5.74) is 5.40. The zero-order valence-corrected chi connectivity index (χ0v) is 17.7. The van der Waals surface area contributed by atoms with E-state index in [0.717, 1.165) is 44.9 Å². The molecule has 1 saturated carbocycles. The number of carbonyl (C=O) groups is 1. The number of hydrogen-bond donors (Lipinski definition) is 1. The van der Waals surface area contributed by atoms with Crippen LogP contribution in [0, 0.1) is 31.6 Å². The van der Waals surface area contributed by atoms with Crippen molar-refractivity contribution in [1.82, 2.24) is 0 Å². The SMILES string of the molecule is Cc1cccc(C(CC2CCC(C(C)C(=O)O)CC2)C2=CCCCC=N2)c1C. The van der Waals surface area contributed by atoms with Crippen LogP contribution in [0.25, 0.3) is 0 Å². The highest BCUT2D eigenvalue weighted by Crippen LogP contribution is 2.42. The van der Waals surface area contributed by atoms with E-state index in [1.807, 2.05) is 6.92 Å². The predicted molar refractivity (Wildman–Crippen MR) is 116 cm³/mol. The molecule has 2 unspecified atom stereocenters. The molecule has 0 bridgehead atoms. The third kappa shape index (κ3) is 4.92.